The second-order valence-corrected chi connectivity index (χ2v) is 5.27. The van der Waals surface area contributed by atoms with E-state index in [2.05, 4.69) is 15.8 Å². The molecule has 120 valence electrons. The third-order valence-corrected chi connectivity index (χ3v) is 3.36. The van der Waals surface area contributed by atoms with Gasteiger partial charge in [0.25, 0.3) is 5.91 Å². The summed E-state index contributed by atoms with van der Waals surface area (Å²) in [5.41, 5.74) is 0.531. The van der Waals surface area contributed by atoms with Crippen LogP contribution in [0.2, 0.25) is 0 Å². The molecular formula is C14H19N3O5. The SMILES string of the molecule is Cc1cc(C(=O)OCC(=O)NC(=O)NC2CCCCC2)on1. The van der Waals surface area contributed by atoms with Crippen LogP contribution in [0.15, 0.2) is 10.6 Å². The van der Waals surface area contributed by atoms with Gasteiger partial charge in [0.2, 0.25) is 5.76 Å². The van der Waals surface area contributed by atoms with Gasteiger partial charge in [0.15, 0.2) is 6.61 Å². The summed E-state index contributed by atoms with van der Waals surface area (Å²) in [5, 5.41) is 8.40. The van der Waals surface area contributed by atoms with E-state index in [1.165, 1.54) is 12.5 Å². The molecule has 0 unspecified atom stereocenters. The zero-order chi connectivity index (χ0) is 15.9. The number of rotatable bonds is 4. The van der Waals surface area contributed by atoms with Crippen molar-refractivity contribution >= 4 is 17.9 Å². The van der Waals surface area contributed by atoms with Crippen LogP contribution in [-0.2, 0) is 9.53 Å². The standard InChI is InChI=1S/C14H19N3O5/c1-9-7-11(22-17-9)13(19)21-8-12(18)16-14(20)15-10-5-3-2-4-6-10/h7,10H,2-6,8H2,1H3,(H2,15,16,18,20). The number of ether oxygens (including phenoxy) is 1. The van der Waals surface area contributed by atoms with Crippen molar-refractivity contribution in [1.82, 2.24) is 15.8 Å². The van der Waals surface area contributed by atoms with Gasteiger partial charge in [-0.05, 0) is 19.8 Å². The first-order valence-electron chi connectivity index (χ1n) is 7.25. The van der Waals surface area contributed by atoms with E-state index in [1.807, 2.05) is 0 Å². The van der Waals surface area contributed by atoms with Crippen LogP contribution >= 0.6 is 0 Å². The number of amides is 3. The molecule has 1 saturated carbocycles. The second-order valence-electron chi connectivity index (χ2n) is 5.27. The van der Waals surface area contributed by atoms with E-state index in [0.717, 1.165) is 25.7 Å². The van der Waals surface area contributed by atoms with Crippen LogP contribution in [0.5, 0.6) is 0 Å². The van der Waals surface area contributed by atoms with Crippen LogP contribution in [-0.4, -0.2) is 35.7 Å². The Morgan fingerprint density at radius 3 is 2.68 bits per heavy atom. The molecule has 0 spiro atoms. The van der Waals surface area contributed by atoms with Crippen molar-refractivity contribution in [3.05, 3.63) is 17.5 Å². The molecule has 1 aliphatic carbocycles. The number of carbonyl (C=O) groups is 3. The molecule has 0 aliphatic heterocycles. The van der Waals surface area contributed by atoms with Gasteiger partial charge in [-0.2, -0.15) is 0 Å². The summed E-state index contributed by atoms with van der Waals surface area (Å²) in [6.07, 6.45) is 5.17. The number of carbonyl (C=O) groups excluding carboxylic acids is 3. The quantitative estimate of drug-likeness (QED) is 0.811. The van der Waals surface area contributed by atoms with E-state index in [-0.39, 0.29) is 11.8 Å². The van der Waals surface area contributed by atoms with Crippen LogP contribution in [0, 0.1) is 6.92 Å². The summed E-state index contributed by atoms with van der Waals surface area (Å²) in [6.45, 7) is 1.10. The first kappa shape index (κ1) is 16.0. The highest BCUT2D eigenvalue weighted by Gasteiger charge is 2.18. The highest BCUT2D eigenvalue weighted by atomic mass is 16.6. The average Bonchev–Trinajstić information content (AvgIpc) is 2.92. The molecule has 1 heterocycles. The minimum atomic E-state index is -0.802. The monoisotopic (exact) mass is 309 g/mol. The predicted octanol–water partition coefficient (Wildman–Crippen LogP) is 1.30. The molecule has 2 rings (SSSR count). The second kappa shape index (κ2) is 7.58. The molecule has 0 radical (unpaired) electrons. The highest BCUT2D eigenvalue weighted by Crippen LogP contribution is 2.17. The minimum absolute atomic E-state index is 0.0862. The zero-order valence-electron chi connectivity index (χ0n) is 12.4. The minimum Gasteiger partial charge on any atom is -0.450 e. The Hall–Kier alpha value is -2.38. The zero-order valence-corrected chi connectivity index (χ0v) is 12.4. The Labute approximate surface area is 127 Å². The molecule has 8 heteroatoms. The number of esters is 1. The molecular weight excluding hydrogens is 290 g/mol. The number of nitrogens with zero attached hydrogens (tertiary/aromatic N) is 1. The molecule has 3 amide bonds. The summed E-state index contributed by atoms with van der Waals surface area (Å²) in [4.78, 5) is 34.7. The molecule has 1 fully saturated rings. The van der Waals surface area contributed by atoms with E-state index in [1.54, 1.807) is 6.92 Å². The number of hydrogen-bond acceptors (Lipinski definition) is 6. The van der Waals surface area contributed by atoms with Crippen molar-refractivity contribution in [2.75, 3.05) is 6.61 Å². The Morgan fingerprint density at radius 2 is 2.05 bits per heavy atom. The van der Waals surface area contributed by atoms with Crippen LogP contribution < -0.4 is 10.6 Å². The smallest absolute Gasteiger partial charge is 0.377 e. The van der Waals surface area contributed by atoms with Gasteiger partial charge < -0.3 is 14.6 Å². The van der Waals surface area contributed by atoms with Crippen LogP contribution in [0.1, 0.15) is 48.4 Å². The first-order chi connectivity index (χ1) is 10.5. The first-order valence-corrected chi connectivity index (χ1v) is 7.25. The number of imide groups is 1. The van der Waals surface area contributed by atoms with E-state index in [9.17, 15) is 14.4 Å². The van der Waals surface area contributed by atoms with Crippen molar-refractivity contribution in [3.8, 4) is 0 Å². The molecule has 2 N–H and O–H groups in total. The fourth-order valence-corrected chi connectivity index (χ4v) is 2.29. The maximum atomic E-state index is 11.6. The normalized spacial score (nSPS) is 15.1. The third-order valence-electron chi connectivity index (χ3n) is 3.36. The average molecular weight is 309 g/mol. The van der Waals surface area contributed by atoms with E-state index >= 15 is 0 Å². The van der Waals surface area contributed by atoms with Gasteiger partial charge in [-0.1, -0.05) is 24.4 Å². The Morgan fingerprint density at radius 1 is 1.32 bits per heavy atom. The number of urea groups is 1. The molecule has 0 saturated heterocycles. The molecule has 0 aromatic carbocycles. The van der Waals surface area contributed by atoms with Gasteiger partial charge in [-0.3, -0.25) is 10.1 Å². The molecule has 22 heavy (non-hydrogen) atoms. The maximum Gasteiger partial charge on any atom is 0.377 e. The lowest BCUT2D eigenvalue weighted by atomic mass is 9.96. The topological polar surface area (TPSA) is 111 Å². The Kier molecular flexibility index (Phi) is 5.51. The summed E-state index contributed by atoms with van der Waals surface area (Å²) in [7, 11) is 0. The van der Waals surface area contributed by atoms with E-state index < -0.39 is 24.5 Å². The van der Waals surface area contributed by atoms with E-state index in [4.69, 9.17) is 9.26 Å². The van der Waals surface area contributed by atoms with E-state index in [0.29, 0.717) is 5.69 Å². The van der Waals surface area contributed by atoms with Gasteiger partial charge in [0.1, 0.15) is 0 Å². The largest absolute Gasteiger partial charge is 0.450 e. The van der Waals surface area contributed by atoms with Gasteiger partial charge in [0, 0.05) is 12.1 Å². The number of aryl methyl sites for hydroxylation is 1. The van der Waals surface area contributed by atoms with Crippen molar-refractivity contribution in [1.29, 1.82) is 0 Å². The maximum absolute atomic E-state index is 11.6. The van der Waals surface area contributed by atoms with Crippen LogP contribution in [0.25, 0.3) is 0 Å². The van der Waals surface area contributed by atoms with Crippen LogP contribution in [0.4, 0.5) is 4.79 Å². The van der Waals surface area contributed by atoms with Crippen molar-refractivity contribution in [3.63, 3.8) is 0 Å². The molecule has 0 bridgehead atoms. The molecule has 0 atom stereocenters. The Balaban J connectivity index is 1.68. The lowest BCUT2D eigenvalue weighted by molar-refractivity contribution is -0.123. The van der Waals surface area contributed by atoms with Gasteiger partial charge in [-0.15, -0.1) is 0 Å². The number of hydrogen-bond donors (Lipinski definition) is 2. The molecule has 8 nitrogen and oxygen atoms in total. The van der Waals surface area contributed by atoms with Gasteiger partial charge >= 0.3 is 12.0 Å². The summed E-state index contributed by atoms with van der Waals surface area (Å²) >= 11 is 0. The summed E-state index contributed by atoms with van der Waals surface area (Å²) in [5.74, 6) is -1.58. The Bertz CT molecular complexity index is 548. The van der Waals surface area contributed by atoms with Crippen molar-refractivity contribution in [2.45, 2.75) is 45.1 Å². The van der Waals surface area contributed by atoms with Gasteiger partial charge in [0.05, 0.1) is 5.69 Å². The van der Waals surface area contributed by atoms with Gasteiger partial charge in [-0.25, -0.2) is 9.59 Å². The molecule has 1 aromatic heterocycles. The predicted molar refractivity (Wildman–Crippen MR) is 75.1 cm³/mol. The number of nitrogens with one attached hydrogen (secondary N) is 2. The highest BCUT2D eigenvalue weighted by molar-refractivity contribution is 5.96. The molecule has 1 aromatic rings. The summed E-state index contributed by atoms with van der Waals surface area (Å²) < 4.78 is 9.43. The fraction of sp³-hybridized carbons (Fsp3) is 0.571. The number of aromatic nitrogens is 1. The lowest BCUT2D eigenvalue weighted by Gasteiger charge is -2.22. The summed E-state index contributed by atoms with van der Waals surface area (Å²) in [6, 6.07) is 0.931. The van der Waals surface area contributed by atoms with Crippen molar-refractivity contribution in [2.24, 2.45) is 0 Å². The third kappa shape index (κ3) is 4.87. The van der Waals surface area contributed by atoms with Crippen molar-refractivity contribution < 1.29 is 23.6 Å². The lowest BCUT2D eigenvalue weighted by Crippen LogP contribution is -2.46. The van der Waals surface area contributed by atoms with Crippen LogP contribution in [0.3, 0.4) is 0 Å². The fourth-order valence-electron chi connectivity index (χ4n) is 2.29. The molecule has 1 aliphatic rings.